The molecule has 5 heteroatoms. The van der Waals surface area contributed by atoms with E-state index in [1.54, 1.807) is 6.92 Å². The number of nitrogen functional groups attached to an aromatic ring is 2. The van der Waals surface area contributed by atoms with Gasteiger partial charge >= 0.3 is 0 Å². The van der Waals surface area contributed by atoms with E-state index in [4.69, 9.17) is 16.7 Å². The second kappa shape index (κ2) is 2.88. The van der Waals surface area contributed by atoms with Crippen molar-refractivity contribution in [2.45, 2.75) is 6.92 Å². The molecule has 0 fully saturated rings. The van der Waals surface area contributed by atoms with Gasteiger partial charge in [-0.25, -0.2) is 0 Å². The van der Waals surface area contributed by atoms with E-state index in [-0.39, 0.29) is 10.9 Å². The summed E-state index contributed by atoms with van der Waals surface area (Å²) in [6.45, 7) is 1.63. The SMILES string of the molecule is Cc1c(N)cc(N)cc1N([O-])O. The number of benzene rings is 1. The maximum absolute atomic E-state index is 10.5. The Kier molecular flexibility index (Phi) is 2.07. The summed E-state index contributed by atoms with van der Waals surface area (Å²) in [7, 11) is 0. The fourth-order valence-corrected chi connectivity index (χ4v) is 0.942. The van der Waals surface area contributed by atoms with Gasteiger partial charge in [0, 0.05) is 11.4 Å². The van der Waals surface area contributed by atoms with E-state index in [1.165, 1.54) is 12.1 Å². The van der Waals surface area contributed by atoms with E-state index in [0.717, 1.165) is 0 Å². The summed E-state index contributed by atoms with van der Waals surface area (Å²) < 4.78 is 0. The van der Waals surface area contributed by atoms with Crippen LogP contribution in [0.2, 0.25) is 0 Å². The molecule has 12 heavy (non-hydrogen) atoms. The van der Waals surface area contributed by atoms with Gasteiger partial charge in [0.1, 0.15) is 0 Å². The van der Waals surface area contributed by atoms with Crippen LogP contribution in [-0.4, -0.2) is 5.21 Å². The fourth-order valence-electron chi connectivity index (χ4n) is 0.942. The zero-order chi connectivity index (χ0) is 9.30. The Labute approximate surface area is 69.7 Å². The summed E-state index contributed by atoms with van der Waals surface area (Å²) in [6.07, 6.45) is 0. The molecule has 0 amide bonds. The molecule has 0 unspecified atom stereocenters. The van der Waals surface area contributed by atoms with Gasteiger partial charge in [0.05, 0.1) is 5.69 Å². The molecule has 0 bridgehead atoms. The first-order valence-corrected chi connectivity index (χ1v) is 3.34. The zero-order valence-corrected chi connectivity index (χ0v) is 6.61. The van der Waals surface area contributed by atoms with Crippen LogP contribution >= 0.6 is 0 Å². The minimum atomic E-state index is -0.248. The maximum Gasteiger partial charge on any atom is 0.0578 e. The third-order valence-corrected chi connectivity index (χ3v) is 1.65. The van der Waals surface area contributed by atoms with Crippen LogP contribution in [0.4, 0.5) is 17.1 Å². The Bertz CT molecular complexity index is 299. The number of rotatable bonds is 1. The second-order valence-corrected chi connectivity index (χ2v) is 2.53. The van der Waals surface area contributed by atoms with Crippen LogP contribution in [0.1, 0.15) is 5.56 Å². The molecule has 0 aliphatic rings. The molecule has 0 aliphatic carbocycles. The minimum absolute atomic E-state index is 0.0764. The number of nitrogens with zero attached hydrogens (tertiary/aromatic N) is 1. The molecule has 1 aromatic carbocycles. The Morgan fingerprint density at radius 2 is 2.00 bits per heavy atom. The first kappa shape index (κ1) is 8.63. The summed E-state index contributed by atoms with van der Waals surface area (Å²) in [5.41, 5.74) is 12.2. The summed E-state index contributed by atoms with van der Waals surface area (Å²) >= 11 is 0. The van der Waals surface area contributed by atoms with E-state index >= 15 is 0 Å². The van der Waals surface area contributed by atoms with Crippen LogP contribution in [0.15, 0.2) is 12.1 Å². The highest BCUT2D eigenvalue weighted by Gasteiger charge is 2.03. The molecule has 0 saturated heterocycles. The Hall–Kier alpha value is -1.46. The van der Waals surface area contributed by atoms with Gasteiger partial charge in [-0.1, -0.05) is 0 Å². The van der Waals surface area contributed by atoms with Crippen LogP contribution in [0, 0.1) is 12.1 Å². The van der Waals surface area contributed by atoms with Crippen LogP contribution < -0.4 is 16.7 Å². The van der Waals surface area contributed by atoms with Crippen molar-refractivity contribution in [3.8, 4) is 0 Å². The van der Waals surface area contributed by atoms with Gasteiger partial charge in [-0.3, -0.25) is 5.21 Å². The topological polar surface area (TPSA) is 98.6 Å². The van der Waals surface area contributed by atoms with Crippen molar-refractivity contribution in [1.29, 1.82) is 0 Å². The lowest BCUT2D eigenvalue weighted by Crippen LogP contribution is -2.10. The maximum atomic E-state index is 10.5. The van der Waals surface area contributed by atoms with Gasteiger partial charge in [-0.15, -0.1) is 0 Å². The molecule has 0 spiro atoms. The lowest BCUT2D eigenvalue weighted by atomic mass is 10.1. The molecular formula is C7H10N3O2-. The third-order valence-electron chi connectivity index (χ3n) is 1.65. The summed E-state index contributed by atoms with van der Waals surface area (Å²) in [4.78, 5) is 0. The lowest BCUT2D eigenvalue weighted by Gasteiger charge is -2.24. The summed E-state index contributed by atoms with van der Waals surface area (Å²) in [6, 6.07) is 2.89. The van der Waals surface area contributed by atoms with E-state index in [1.807, 2.05) is 0 Å². The number of nitrogens with two attached hydrogens (primary N) is 2. The van der Waals surface area contributed by atoms with Crippen molar-refractivity contribution < 1.29 is 5.21 Å². The molecule has 0 radical (unpaired) electrons. The summed E-state index contributed by atoms with van der Waals surface area (Å²) in [5, 5.41) is 18.9. The highest BCUT2D eigenvalue weighted by Crippen LogP contribution is 2.26. The fraction of sp³-hybridized carbons (Fsp3) is 0.143. The molecular weight excluding hydrogens is 158 g/mol. The highest BCUT2D eigenvalue weighted by molar-refractivity contribution is 5.70. The molecule has 0 heterocycles. The quantitative estimate of drug-likeness (QED) is 0.426. The van der Waals surface area contributed by atoms with Crippen LogP contribution in [-0.2, 0) is 0 Å². The van der Waals surface area contributed by atoms with Gasteiger partial charge in [-0.2, -0.15) is 0 Å². The normalized spacial score (nSPS) is 9.92. The van der Waals surface area contributed by atoms with Crippen LogP contribution in [0.25, 0.3) is 0 Å². The Balaban J connectivity index is 3.28. The van der Waals surface area contributed by atoms with Gasteiger partial charge in [0.15, 0.2) is 0 Å². The standard InChI is InChI=1S/C7H10N3O2/c1-4-6(9)2-5(8)3-7(4)10(11)12/h2-3,11H,8-9H2,1H3/q-1. The van der Waals surface area contributed by atoms with E-state index in [2.05, 4.69) is 0 Å². The average Bonchev–Trinajstić information content (AvgIpc) is 1.96. The molecule has 66 valence electrons. The molecule has 0 aliphatic heterocycles. The third kappa shape index (κ3) is 1.41. The lowest BCUT2D eigenvalue weighted by molar-refractivity contribution is 0.296. The smallest absolute Gasteiger partial charge is 0.0578 e. The van der Waals surface area contributed by atoms with E-state index in [0.29, 0.717) is 16.9 Å². The molecule has 1 aromatic rings. The molecule has 0 atom stereocenters. The van der Waals surface area contributed by atoms with Crippen molar-refractivity contribution in [1.82, 2.24) is 0 Å². The second-order valence-electron chi connectivity index (χ2n) is 2.53. The van der Waals surface area contributed by atoms with Crippen molar-refractivity contribution in [2.24, 2.45) is 0 Å². The minimum Gasteiger partial charge on any atom is -0.733 e. The Morgan fingerprint density at radius 3 is 2.50 bits per heavy atom. The van der Waals surface area contributed by atoms with Crippen molar-refractivity contribution >= 4 is 17.1 Å². The van der Waals surface area contributed by atoms with Crippen LogP contribution in [0.3, 0.4) is 0 Å². The van der Waals surface area contributed by atoms with Crippen LogP contribution in [0.5, 0.6) is 0 Å². The molecule has 1 rings (SSSR count). The molecule has 0 saturated carbocycles. The predicted octanol–water partition coefficient (Wildman–Crippen LogP) is 0.853. The molecule has 0 aromatic heterocycles. The first-order valence-electron chi connectivity index (χ1n) is 3.34. The van der Waals surface area contributed by atoms with Gasteiger partial charge in [0.25, 0.3) is 0 Å². The number of anilines is 3. The van der Waals surface area contributed by atoms with Crippen molar-refractivity contribution in [3.05, 3.63) is 22.9 Å². The number of hydrogen-bond donors (Lipinski definition) is 3. The van der Waals surface area contributed by atoms with Gasteiger partial charge in [-0.05, 0) is 24.6 Å². The van der Waals surface area contributed by atoms with E-state index in [9.17, 15) is 5.21 Å². The first-order chi connectivity index (χ1) is 5.52. The van der Waals surface area contributed by atoms with E-state index < -0.39 is 0 Å². The van der Waals surface area contributed by atoms with Gasteiger partial charge in [0.2, 0.25) is 0 Å². The zero-order valence-electron chi connectivity index (χ0n) is 6.61. The van der Waals surface area contributed by atoms with Gasteiger partial charge < -0.3 is 21.9 Å². The highest BCUT2D eigenvalue weighted by atomic mass is 16.8. The average molecular weight is 168 g/mol. The molecule has 5 nitrogen and oxygen atoms in total. The number of hydrogen-bond acceptors (Lipinski definition) is 5. The Morgan fingerprint density at radius 1 is 1.42 bits per heavy atom. The molecule has 5 N–H and O–H groups in total. The van der Waals surface area contributed by atoms with Crippen molar-refractivity contribution in [3.63, 3.8) is 0 Å². The summed E-state index contributed by atoms with van der Waals surface area (Å²) in [5.74, 6) is 0. The van der Waals surface area contributed by atoms with Crippen molar-refractivity contribution in [2.75, 3.05) is 16.7 Å². The monoisotopic (exact) mass is 168 g/mol. The predicted molar refractivity (Wildman–Crippen MR) is 47.6 cm³/mol. The largest absolute Gasteiger partial charge is 0.733 e.